The number of nitrogens with two attached hydrogens (primary N) is 1. The Morgan fingerprint density at radius 2 is 2.24 bits per heavy atom. The van der Waals surface area contributed by atoms with Crippen molar-refractivity contribution in [1.82, 2.24) is 5.16 Å². The number of likely N-dealkylation sites (N-methyl/N-ethyl adjacent to an activating group) is 1. The average molecular weight is 231 g/mol. The fourth-order valence-electron chi connectivity index (χ4n) is 1.94. The van der Waals surface area contributed by atoms with E-state index in [0.717, 1.165) is 35.8 Å². The largest absolute Gasteiger partial charge is 0.490 e. The molecule has 0 atom stereocenters. The van der Waals surface area contributed by atoms with Crippen molar-refractivity contribution in [1.29, 1.82) is 0 Å². The Hall–Kier alpha value is -2.17. The van der Waals surface area contributed by atoms with Crippen LogP contribution in [0.15, 0.2) is 28.8 Å². The molecule has 0 saturated carbocycles. The van der Waals surface area contributed by atoms with Crippen molar-refractivity contribution in [2.75, 3.05) is 30.8 Å². The molecule has 1 aromatic heterocycles. The Labute approximate surface area is 98.8 Å². The van der Waals surface area contributed by atoms with Gasteiger partial charge in [-0.3, -0.25) is 0 Å². The molecule has 0 amide bonds. The first kappa shape index (κ1) is 10.0. The van der Waals surface area contributed by atoms with Gasteiger partial charge in [0.15, 0.2) is 0 Å². The third-order valence-corrected chi connectivity index (χ3v) is 2.88. The summed E-state index contributed by atoms with van der Waals surface area (Å²) in [6, 6.07) is 7.65. The van der Waals surface area contributed by atoms with E-state index in [9.17, 15) is 0 Å². The smallest absolute Gasteiger partial charge is 0.222 e. The Morgan fingerprint density at radius 3 is 3.00 bits per heavy atom. The maximum absolute atomic E-state index is 5.58. The van der Waals surface area contributed by atoms with Crippen LogP contribution in [-0.4, -0.2) is 25.4 Å². The lowest BCUT2D eigenvalue weighted by atomic mass is 10.1. The SMILES string of the molecule is CN1CCOc2ccc(-c3cc(N)on3)cc21. The van der Waals surface area contributed by atoms with Crippen molar-refractivity contribution in [2.45, 2.75) is 0 Å². The molecule has 0 bridgehead atoms. The molecule has 0 unspecified atom stereocenters. The minimum absolute atomic E-state index is 0.322. The van der Waals surface area contributed by atoms with E-state index in [1.165, 1.54) is 0 Å². The van der Waals surface area contributed by atoms with Gasteiger partial charge < -0.3 is 19.9 Å². The molecular formula is C12H13N3O2. The van der Waals surface area contributed by atoms with Gasteiger partial charge in [-0.15, -0.1) is 0 Å². The van der Waals surface area contributed by atoms with Gasteiger partial charge >= 0.3 is 0 Å². The standard InChI is InChI=1S/C12H13N3O2/c1-15-4-5-16-11-3-2-8(6-10(11)15)9-7-12(13)17-14-9/h2-3,6-7H,4-5,13H2,1H3. The second-order valence-corrected chi connectivity index (χ2v) is 4.07. The summed E-state index contributed by atoms with van der Waals surface area (Å²) < 4.78 is 10.5. The second kappa shape index (κ2) is 3.69. The average Bonchev–Trinajstić information content (AvgIpc) is 2.76. The van der Waals surface area contributed by atoms with Gasteiger partial charge in [0, 0.05) is 18.7 Å². The molecule has 0 fully saturated rings. The quantitative estimate of drug-likeness (QED) is 0.810. The van der Waals surface area contributed by atoms with E-state index in [0.29, 0.717) is 5.88 Å². The molecule has 0 spiro atoms. The summed E-state index contributed by atoms with van der Waals surface area (Å²) in [7, 11) is 2.04. The summed E-state index contributed by atoms with van der Waals surface area (Å²) in [5, 5.41) is 3.90. The molecule has 1 aromatic carbocycles. The molecule has 0 saturated heterocycles. The molecule has 2 heterocycles. The van der Waals surface area contributed by atoms with Gasteiger partial charge in [-0.2, -0.15) is 0 Å². The molecule has 3 rings (SSSR count). The van der Waals surface area contributed by atoms with Crippen molar-refractivity contribution in [3.8, 4) is 17.0 Å². The first-order valence-corrected chi connectivity index (χ1v) is 5.44. The van der Waals surface area contributed by atoms with E-state index >= 15 is 0 Å². The summed E-state index contributed by atoms with van der Waals surface area (Å²) >= 11 is 0. The summed E-state index contributed by atoms with van der Waals surface area (Å²) in [5.41, 5.74) is 8.30. The fourth-order valence-corrected chi connectivity index (χ4v) is 1.94. The topological polar surface area (TPSA) is 64.5 Å². The van der Waals surface area contributed by atoms with Gasteiger partial charge in [0.2, 0.25) is 5.88 Å². The van der Waals surface area contributed by atoms with Crippen LogP contribution in [0, 0.1) is 0 Å². The van der Waals surface area contributed by atoms with Crippen LogP contribution >= 0.6 is 0 Å². The van der Waals surface area contributed by atoms with Crippen LogP contribution in [0.5, 0.6) is 5.75 Å². The highest BCUT2D eigenvalue weighted by atomic mass is 16.5. The summed E-state index contributed by atoms with van der Waals surface area (Å²) in [6.45, 7) is 1.61. The highest BCUT2D eigenvalue weighted by Gasteiger charge is 2.16. The van der Waals surface area contributed by atoms with E-state index in [4.69, 9.17) is 15.0 Å². The third-order valence-electron chi connectivity index (χ3n) is 2.88. The Bertz CT molecular complexity index is 550. The minimum Gasteiger partial charge on any atom is -0.490 e. The van der Waals surface area contributed by atoms with Gasteiger partial charge in [-0.05, 0) is 18.2 Å². The first-order valence-electron chi connectivity index (χ1n) is 5.44. The number of benzene rings is 1. The normalized spacial score (nSPS) is 14.3. The predicted octanol–water partition coefficient (Wildman–Crippen LogP) is 1.75. The summed E-state index contributed by atoms with van der Waals surface area (Å²) in [4.78, 5) is 2.16. The Kier molecular flexibility index (Phi) is 2.18. The molecule has 0 aliphatic carbocycles. The van der Waals surface area contributed by atoms with Gasteiger partial charge in [-0.25, -0.2) is 0 Å². The molecule has 88 valence electrons. The molecule has 5 heteroatoms. The molecule has 2 aromatic rings. The molecule has 5 nitrogen and oxygen atoms in total. The van der Waals surface area contributed by atoms with E-state index < -0.39 is 0 Å². The van der Waals surface area contributed by atoms with Crippen LogP contribution in [-0.2, 0) is 0 Å². The highest BCUT2D eigenvalue weighted by Crippen LogP contribution is 2.34. The number of nitrogen functional groups attached to an aromatic ring is 1. The number of anilines is 2. The fraction of sp³-hybridized carbons (Fsp3) is 0.250. The maximum Gasteiger partial charge on any atom is 0.222 e. The van der Waals surface area contributed by atoms with Crippen LogP contribution in [0.1, 0.15) is 0 Å². The van der Waals surface area contributed by atoms with Crippen molar-refractivity contribution >= 4 is 11.6 Å². The predicted molar refractivity (Wildman–Crippen MR) is 65.1 cm³/mol. The number of fused-ring (bicyclic) bond motifs is 1. The number of aromatic nitrogens is 1. The summed E-state index contributed by atoms with van der Waals surface area (Å²) in [6.07, 6.45) is 0. The van der Waals surface area contributed by atoms with E-state index in [1.54, 1.807) is 6.07 Å². The van der Waals surface area contributed by atoms with E-state index in [1.807, 2.05) is 25.2 Å². The van der Waals surface area contributed by atoms with Crippen LogP contribution in [0.3, 0.4) is 0 Å². The minimum atomic E-state index is 0.322. The Balaban J connectivity index is 2.05. The lowest BCUT2D eigenvalue weighted by Gasteiger charge is -2.27. The number of ether oxygens (including phenoxy) is 1. The zero-order valence-electron chi connectivity index (χ0n) is 9.51. The van der Waals surface area contributed by atoms with Crippen molar-refractivity contribution < 1.29 is 9.26 Å². The second-order valence-electron chi connectivity index (χ2n) is 4.07. The number of nitrogens with zero attached hydrogens (tertiary/aromatic N) is 2. The molecule has 1 aliphatic heterocycles. The molecular weight excluding hydrogens is 218 g/mol. The van der Waals surface area contributed by atoms with Crippen LogP contribution < -0.4 is 15.4 Å². The lowest BCUT2D eigenvalue weighted by Crippen LogP contribution is -2.28. The number of rotatable bonds is 1. The number of hydrogen-bond acceptors (Lipinski definition) is 5. The first-order chi connectivity index (χ1) is 8.24. The van der Waals surface area contributed by atoms with Crippen molar-refractivity contribution in [3.05, 3.63) is 24.3 Å². The highest BCUT2D eigenvalue weighted by molar-refractivity contribution is 5.71. The molecule has 17 heavy (non-hydrogen) atoms. The van der Waals surface area contributed by atoms with Crippen molar-refractivity contribution in [2.24, 2.45) is 0 Å². The van der Waals surface area contributed by atoms with Gasteiger partial charge in [0.05, 0.1) is 12.2 Å². The van der Waals surface area contributed by atoms with Gasteiger partial charge in [0.25, 0.3) is 0 Å². The van der Waals surface area contributed by atoms with Gasteiger partial charge in [0.1, 0.15) is 18.1 Å². The lowest BCUT2D eigenvalue weighted by molar-refractivity contribution is 0.311. The van der Waals surface area contributed by atoms with Crippen LogP contribution in [0.25, 0.3) is 11.3 Å². The van der Waals surface area contributed by atoms with Crippen LogP contribution in [0.4, 0.5) is 11.6 Å². The Morgan fingerprint density at radius 1 is 1.35 bits per heavy atom. The van der Waals surface area contributed by atoms with Crippen molar-refractivity contribution in [3.63, 3.8) is 0 Å². The van der Waals surface area contributed by atoms with Crippen LogP contribution in [0.2, 0.25) is 0 Å². The maximum atomic E-state index is 5.58. The number of hydrogen-bond donors (Lipinski definition) is 1. The molecule has 2 N–H and O–H groups in total. The monoisotopic (exact) mass is 231 g/mol. The third kappa shape index (κ3) is 1.69. The molecule has 0 radical (unpaired) electrons. The van der Waals surface area contributed by atoms with E-state index in [2.05, 4.69) is 10.1 Å². The van der Waals surface area contributed by atoms with Gasteiger partial charge in [-0.1, -0.05) is 5.16 Å². The zero-order valence-corrected chi connectivity index (χ0v) is 9.51. The van der Waals surface area contributed by atoms with E-state index in [-0.39, 0.29) is 0 Å². The summed E-state index contributed by atoms with van der Waals surface area (Å²) in [5.74, 6) is 1.22. The molecule has 1 aliphatic rings. The zero-order chi connectivity index (χ0) is 11.8.